The van der Waals surface area contributed by atoms with Crippen molar-refractivity contribution < 1.29 is 14.3 Å². The van der Waals surface area contributed by atoms with E-state index in [2.05, 4.69) is 22.5 Å². The average Bonchev–Trinajstić information content (AvgIpc) is 3.25. The second kappa shape index (κ2) is 7.15. The molecule has 0 bridgehead atoms. The first-order valence-corrected chi connectivity index (χ1v) is 7.31. The van der Waals surface area contributed by atoms with E-state index < -0.39 is 5.97 Å². The number of carbonyl (C=O) groups excluding carboxylic acids is 1. The molecule has 0 amide bonds. The third kappa shape index (κ3) is 3.90. The number of aliphatic imine (C=N–C) groups is 1. The molecule has 0 aliphatic heterocycles. The van der Waals surface area contributed by atoms with Crippen LogP contribution >= 0.6 is 0 Å². The molecule has 1 aromatic carbocycles. The van der Waals surface area contributed by atoms with Crippen molar-refractivity contribution in [1.29, 1.82) is 0 Å². The molecule has 6 heteroatoms. The molecule has 1 aliphatic rings. The van der Waals surface area contributed by atoms with Crippen molar-refractivity contribution in [3.63, 3.8) is 0 Å². The molecule has 2 atom stereocenters. The van der Waals surface area contributed by atoms with Crippen molar-refractivity contribution in [2.75, 3.05) is 21.3 Å². The second-order valence-corrected chi connectivity index (χ2v) is 5.42. The first-order valence-electron chi connectivity index (χ1n) is 7.31. The molecule has 0 radical (unpaired) electrons. The van der Waals surface area contributed by atoms with Crippen LogP contribution in [0.1, 0.15) is 29.3 Å². The zero-order chi connectivity index (χ0) is 16.1. The number of nitrogens with zero attached hydrogens (tertiary/aromatic N) is 1. The lowest BCUT2D eigenvalue weighted by atomic mass is 10.1. The lowest BCUT2D eigenvalue weighted by Crippen LogP contribution is -2.38. The maximum Gasteiger partial charge on any atom is 0.341 e. The van der Waals surface area contributed by atoms with Crippen LogP contribution in [0, 0.1) is 5.92 Å². The minimum Gasteiger partial charge on any atom is -0.496 e. The van der Waals surface area contributed by atoms with Crippen LogP contribution in [0.15, 0.2) is 23.2 Å². The first-order chi connectivity index (χ1) is 10.6. The molecule has 1 aromatic rings. The molecule has 2 N–H and O–H groups in total. The van der Waals surface area contributed by atoms with Crippen molar-refractivity contribution in [2.45, 2.75) is 25.9 Å². The molecule has 0 spiro atoms. The monoisotopic (exact) mass is 305 g/mol. The standard InChI is InChI=1S/C16H23N3O3/c1-10-7-13(10)19-16(17-2)18-9-11-5-6-14(21-3)12(8-11)15(20)22-4/h5-6,8,10,13H,7,9H2,1-4H3,(H2,17,18,19). The van der Waals surface area contributed by atoms with Gasteiger partial charge in [0.1, 0.15) is 11.3 Å². The van der Waals surface area contributed by atoms with Crippen LogP contribution in [0.4, 0.5) is 0 Å². The Kier molecular flexibility index (Phi) is 5.25. The molecule has 2 rings (SSSR count). The van der Waals surface area contributed by atoms with Crippen LogP contribution < -0.4 is 15.4 Å². The zero-order valence-corrected chi connectivity index (χ0v) is 13.5. The molecule has 1 fully saturated rings. The summed E-state index contributed by atoms with van der Waals surface area (Å²) in [5.74, 6) is 1.56. The summed E-state index contributed by atoms with van der Waals surface area (Å²) < 4.78 is 9.96. The van der Waals surface area contributed by atoms with Gasteiger partial charge in [0, 0.05) is 19.6 Å². The van der Waals surface area contributed by atoms with Crippen molar-refractivity contribution in [3.8, 4) is 5.75 Å². The molecule has 1 aliphatic carbocycles. The van der Waals surface area contributed by atoms with Gasteiger partial charge in [-0.05, 0) is 30.0 Å². The highest BCUT2D eigenvalue weighted by Gasteiger charge is 2.33. The minimum absolute atomic E-state index is 0.409. The zero-order valence-electron chi connectivity index (χ0n) is 13.5. The molecule has 6 nitrogen and oxygen atoms in total. The summed E-state index contributed by atoms with van der Waals surface area (Å²) in [6.45, 7) is 2.77. The number of benzene rings is 1. The smallest absolute Gasteiger partial charge is 0.341 e. The lowest BCUT2D eigenvalue weighted by molar-refractivity contribution is 0.0597. The van der Waals surface area contributed by atoms with Gasteiger partial charge in [0.05, 0.1) is 14.2 Å². The fourth-order valence-electron chi connectivity index (χ4n) is 2.21. The Labute approximate surface area is 130 Å². The second-order valence-electron chi connectivity index (χ2n) is 5.42. The molecule has 0 heterocycles. The number of methoxy groups -OCH3 is 2. The Balaban J connectivity index is 2.01. The van der Waals surface area contributed by atoms with Gasteiger partial charge in [0.15, 0.2) is 5.96 Å². The Morgan fingerprint density at radius 2 is 2.14 bits per heavy atom. The summed E-state index contributed by atoms with van der Waals surface area (Å²) >= 11 is 0. The number of carbonyl (C=O) groups is 1. The van der Waals surface area contributed by atoms with Gasteiger partial charge in [-0.3, -0.25) is 4.99 Å². The van der Waals surface area contributed by atoms with Crippen molar-refractivity contribution >= 4 is 11.9 Å². The van der Waals surface area contributed by atoms with Gasteiger partial charge in [0.2, 0.25) is 0 Å². The largest absolute Gasteiger partial charge is 0.496 e. The molecule has 0 saturated heterocycles. The fraction of sp³-hybridized carbons (Fsp3) is 0.500. The van der Waals surface area contributed by atoms with Crippen LogP contribution in [0.3, 0.4) is 0 Å². The topological polar surface area (TPSA) is 72.0 Å². The van der Waals surface area contributed by atoms with Crippen LogP contribution in [0.2, 0.25) is 0 Å². The van der Waals surface area contributed by atoms with E-state index in [0.29, 0.717) is 29.8 Å². The van der Waals surface area contributed by atoms with Gasteiger partial charge < -0.3 is 20.1 Å². The maximum atomic E-state index is 11.8. The lowest BCUT2D eigenvalue weighted by Gasteiger charge is -2.13. The van der Waals surface area contributed by atoms with E-state index in [0.717, 1.165) is 11.5 Å². The number of nitrogens with one attached hydrogen (secondary N) is 2. The van der Waals surface area contributed by atoms with Crippen LogP contribution in [0.25, 0.3) is 0 Å². The van der Waals surface area contributed by atoms with Crippen molar-refractivity contribution in [1.82, 2.24) is 10.6 Å². The van der Waals surface area contributed by atoms with E-state index >= 15 is 0 Å². The van der Waals surface area contributed by atoms with E-state index in [1.807, 2.05) is 6.07 Å². The van der Waals surface area contributed by atoms with Crippen molar-refractivity contribution in [3.05, 3.63) is 29.3 Å². The van der Waals surface area contributed by atoms with Crippen LogP contribution in [-0.4, -0.2) is 39.2 Å². The van der Waals surface area contributed by atoms with E-state index in [4.69, 9.17) is 9.47 Å². The number of ether oxygens (including phenoxy) is 2. The first kappa shape index (κ1) is 16.1. The molecule has 1 saturated carbocycles. The number of hydrogen-bond donors (Lipinski definition) is 2. The highest BCUT2D eigenvalue weighted by Crippen LogP contribution is 2.28. The predicted molar refractivity (Wildman–Crippen MR) is 85.2 cm³/mol. The number of esters is 1. The normalized spacial score (nSPS) is 20.3. The molecule has 120 valence electrons. The van der Waals surface area contributed by atoms with Gasteiger partial charge in [-0.2, -0.15) is 0 Å². The Hall–Kier alpha value is -2.24. The summed E-state index contributed by atoms with van der Waals surface area (Å²) in [5.41, 5.74) is 1.37. The van der Waals surface area contributed by atoms with E-state index in [9.17, 15) is 4.79 Å². The molecular formula is C16H23N3O3. The number of hydrogen-bond acceptors (Lipinski definition) is 4. The van der Waals surface area contributed by atoms with Gasteiger partial charge in [-0.1, -0.05) is 13.0 Å². The van der Waals surface area contributed by atoms with Gasteiger partial charge >= 0.3 is 5.97 Å². The van der Waals surface area contributed by atoms with E-state index in [1.165, 1.54) is 20.6 Å². The number of rotatable bonds is 5. The highest BCUT2D eigenvalue weighted by atomic mass is 16.5. The predicted octanol–water partition coefficient (Wildman–Crippen LogP) is 1.56. The van der Waals surface area contributed by atoms with E-state index in [1.54, 1.807) is 19.2 Å². The summed E-state index contributed by atoms with van der Waals surface area (Å²) in [6.07, 6.45) is 1.18. The fourth-order valence-corrected chi connectivity index (χ4v) is 2.21. The quantitative estimate of drug-likeness (QED) is 0.491. The molecule has 2 unspecified atom stereocenters. The summed E-state index contributed by atoms with van der Waals surface area (Å²) in [4.78, 5) is 16.0. The third-order valence-electron chi connectivity index (χ3n) is 3.78. The molecule has 0 aromatic heterocycles. The Morgan fingerprint density at radius 1 is 1.41 bits per heavy atom. The SMILES string of the molecule is CN=C(NCc1ccc(OC)c(C(=O)OC)c1)NC1CC1C. The van der Waals surface area contributed by atoms with Crippen LogP contribution in [0.5, 0.6) is 5.75 Å². The molecule has 22 heavy (non-hydrogen) atoms. The van der Waals surface area contributed by atoms with Crippen LogP contribution in [-0.2, 0) is 11.3 Å². The summed E-state index contributed by atoms with van der Waals surface area (Å²) in [5, 5.41) is 6.60. The minimum atomic E-state index is -0.409. The van der Waals surface area contributed by atoms with Gasteiger partial charge in [-0.15, -0.1) is 0 Å². The summed E-state index contributed by atoms with van der Waals surface area (Å²) in [7, 11) is 4.63. The highest BCUT2D eigenvalue weighted by molar-refractivity contribution is 5.92. The van der Waals surface area contributed by atoms with Gasteiger partial charge in [-0.25, -0.2) is 4.79 Å². The maximum absolute atomic E-state index is 11.8. The molecular weight excluding hydrogens is 282 g/mol. The Morgan fingerprint density at radius 3 is 2.68 bits per heavy atom. The van der Waals surface area contributed by atoms with Crippen molar-refractivity contribution in [2.24, 2.45) is 10.9 Å². The summed E-state index contributed by atoms with van der Waals surface area (Å²) in [6, 6.07) is 5.95. The third-order valence-corrected chi connectivity index (χ3v) is 3.78. The van der Waals surface area contributed by atoms with E-state index in [-0.39, 0.29) is 0 Å². The number of guanidine groups is 1. The average molecular weight is 305 g/mol. The van der Waals surface area contributed by atoms with Gasteiger partial charge in [0.25, 0.3) is 0 Å². The Bertz CT molecular complexity index is 572.